The third-order valence-corrected chi connectivity index (χ3v) is 7.65. The van der Waals surface area contributed by atoms with Gasteiger partial charge in [-0.15, -0.1) is 11.3 Å². The number of carbonyl (C=O) groups is 3. The number of hydrogen-bond acceptors (Lipinski definition) is 5. The zero-order valence-corrected chi connectivity index (χ0v) is 19.8. The first-order valence-corrected chi connectivity index (χ1v) is 12.4. The Balaban J connectivity index is 1.43. The van der Waals surface area contributed by atoms with Gasteiger partial charge in [0.05, 0.1) is 11.4 Å². The molecule has 1 saturated heterocycles. The summed E-state index contributed by atoms with van der Waals surface area (Å²) >= 11 is 1.46. The van der Waals surface area contributed by atoms with Crippen LogP contribution in [0.5, 0.6) is 5.75 Å². The molecule has 1 aromatic heterocycles. The normalized spacial score (nSPS) is 21.3. The lowest BCUT2D eigenvalue weighted by Gasteiger charge is -2.30. The van der Waals surface area contributed by atoms with E-state index >= 15 is 0 Å². The van der Waals surface area contributed by atoms with Crippen LogP contribution in [0.2, 0.25) is 0 Å². The minimum absolute atomic E-state index is 0.0824. The van der Waals surface area contributed by atoms with E-state index in [9.17, 15) is 14.4 Å². The lowest BCUT2D eigenvalue weighted by Crippen LogP contribution is -2.47. The van der Waals surface area contributed by atoms with Crippen LogP contribution >= 0.6 is 11.3 Å². The highest BCUT2D eigenvalue weighted by Gasteiger charge is 2.39. The fraction of sp³-hybridized carbons (Fsp3) is 0.346. The second-order valence-corrected chi connectivity index (χ2v) is 9.92. The van der Waals surface area contributed by atoms with Gasteiger partial charge in [-0.05, 0) is 55.0 Å². The standard InChI is InChI=1S/C26H27N3O4S/c1-16-6-7-18-12-21(16)33-11-10-27-24(30)14-19-8-9-20(15-28-25(18)31)29(19)26(32)23-13-17-4-2-3-5-22(17)34-23/h2-7,12-13,19-20H,8-11,14-15H2,1H3,(H,27,30)(H,28,31)/t19-,20+/m0/s1. The summed E-state index contributed by atoms with van der Waals surface area (Å²) in [5.41, 5.74) is 1.43. The van der Waals surface area contributed by atoms with Gasteiger partial charge in [-0.1, -0.05) is 24.3 Å². The summed E-state index contributed by atoms with van der Waals surface area (Å²) in [6, 6.07) is 14.8. The van der Waals surface area contributed by atoms with Crippen molar-refractivity contribution >= 4 is 39.1 Å². The molecule has 7 nitrogen and oxygen atoms in total. The minimum Gasteiger partial charge on any atom is -0.491 e. The monoisotopic (exact) mass is 477 g/mol. The van der Waals surface area contributed by atoms with Gasteiger partial charge in [-0.3, -0.25) is 14.4 Å². The molecule has 3 amide bonds. The predicted molar refractivity (Wildman–Crippen MR) is 131 cm³/mol. The number of nitrogens with zero attached hydrogens (tertiary/aromatic N) is 1. The zero-order valence-electron chi connectivity index (χ0n) is 19.0. The number of thiophene rings is 1. The topological polar surface area (TPSA) is 87.7 Å². The van der Waals surface area contributed by atoms with Crippen LogP contribution in [0, 0.1) is 6.92 Å². The zero-order chi connectivity index (χ0) is 23.7. The molecule has 0 aliphatic carbocycles. The number of hydrogen-bond donors (Lipinski definition) is 2. The third-order valence-electron chi connectivity index (χ3n) is 6.54. The quantitative estimate of drug-likeness (QED) is 0.562. The lowest BCUT2D eigenvalue weighted by atomic mass is 10.1. The number of rotatable bonds is 1. The molecule has 2 aromatic carbocycles. The molecule has 0 unspecified atom stereocenters. The third kappa shape index (κ3) is 4.50. The molecule has 0 radical (unpaired) electrons. The van der Waals surface area contributed by atoms with E-state index in [4.69, 9.17) is 4.74 Å². The SMILES string of the molecule is Cc1ccc2cc1OCCNC(=O)C[C@@H]1CC[C@H](CNC2=O)N1C(=O)c1cc2ccccc2s1. The highest BCUT2D eigenvalue weighted by Crippen LogP contribution is 2.32. The molecule has 2 aliphatic heterocycles. The van der Waals surface area contributed by atoms with Gasteiger partial charge in [-0.2, -0.15) is 0 Å². The summed E-state index contributed by atoms with van der Waals surface area (Å²) in [7, 11) is 0. The van der Waals surface area contributed by atoms with Gasteiger partial charge < -0.3 is 20.3 Å². The largest absolute Gasteiger partial charge is 0.491 e. The Bertz CT molecular complexity index is 1220. The van der Waals surface area contributed by atoms with Gasteiger partial charge >= 0.3 is 0 Å². The molecular weight excluding hydrogens is 450 g/mol. The number of nitrogens with one attached hydrogen (secondary N) is 2. The van der Waals surface area contributed by atoms with Crippen LogP contribution in [0.1, 0.15) is 44.9 Å². The van der Waals surface area contributed by atoms with Crippen molar-refractivity contribution in [2.75, 3.05) is 19.7 Å². The average Bonchev–Trinajstić information content (AvgIpc) is 3.44. The summed E-state index contributed by atoms with van der Waals surface area (Å²) in [5, 5.41) is 6.94. The van der Waals surface area contributed by atoms with Gasteiger partial charge in [0.25, 0.3) is 11.8 Å². The number of benzene rings is 2. The van der Waals surface area contributed by atoms with Gasteiger partial charge in [0.15, 0.2) is 0 Å². The molecule has 3 aromatic rings. The number of fused-ring (bicyclic) bond motifs is 5. The smallest absolute Gasteiger partial charge is 0.264 e. The maximum Gasteiger partial charge on any atom is 0.264 e. The molecular formula is C26H27N3O4S. The molecule has 4 bridgehead atoms. The first-order chi connectivity index (χ1) is 16.5. The van der Waals surface area contributed by atoms with Crippen LogP contribution in [-0.4, -0.2) is 54.4 Å². The Morgan fingerprint density at radius 2 is 1.88 bits per heavy atom. The Kier molecular flexibility index (Phi) is 6.24. The van der Waals surface area contributed by atoms with Gasteiger partial charge in [0.1, 0.15) is 12.4 Å². The van der Waals surface area contributed by atoms with Crippen LogP contribution in [0.15, 0.2) is 48.5 Å². The Morgan fingerprint density at radius 1 is 1.06 bits per heavy atom. The second-order valence-electron chi connectivity index (χ2n) is 8.84. The molecule has 5 rings (SSSR count). The number of amides is 3. The van der Waals surface area contributed by atoms with Gasteiger partial charge in [0, 0.05) is 35.3 Å². The van der Waals surface area contributed by atoms with Crippen molar-refractivity contribution in [3.05, 3.63) is 64.5 Å². The molecule has 34 heavy (non-hydrogen) atoms. The first kappa shape index (κ1) is 22.4. The van der Waals surface area contributed by atoms with Crippen LogP contribution < -0.4 is 15.4 Å². The van der Waals surface area contributed by atoms with E-state index in [1.165, 1.54) is 11.3 Å². The maximum absolute atomic E-state index is 13.7. The Hall–Kier alpha value is -3.39. The van der Waals surface area contributed by atoms with Crippen LogP contribution in [0.4, 0.5) is 0 Å². The van der Waals surface area contributed by atoms with E-state index in [2.05, 4.69) is 10.6 Å². The summed E-state index contributed by atoms with van der Waals surface area (Å²) in [4.78, 5) is 41.7. The molecule has 2 aliphatic rings. The fourth-order valence-electron chi connectivity index (χ4n) is 4.76. The molecule has 1 fully saturated rings. The lowest BCUT2D eigenvalue weighted by molar-refractivity contribution is -0.122. The predicted octanol–water partition coefficient (Wildman–Crippen LogP) is 3.51. The highest BCUT2D eigenvalue weighted by molar-refractivity contribution is 7.20. The van der Waals surface area contributed by atoms with Crippen molar-refractivity contribution in [2.45, 2.75) is 38.3 Å². The maximum atomic E-state index is 13.7. The van der Waals surface area contributed by atoms with Crippen LogP contribution in [0.25, 0.3) is 10.1 Å². The molecule has 3 heterocycles. The summed E-state index contributed by atoms with van der Waals surface area (Å²) in [6.07, 6.45) is 1.68. The van der Waals surface area contributed by atoms with Crippen molar-refractivity contribution in [1.82, 2.24) is 15.5 Å². The van der Waals surface area contributed by atoms with Crippen molar-refractivity contribution in [1.29, 1.82) is 0 Å². The average molecular weight is 478 g/mol. The van der Waals surface area contributed by atoms with Gasteiger partial charge in [0.2, 0.25) is 5.91 Å². The van der Waals surface area contributed by atoms with E-state index in [0.29, 0.717) is 35.9 Å². The van der Waals surface area contributed by atoms with Gasteiger partial charge in [-0.25, -0.2) is 0 Å². The molecule has 8 heteroatoms. The molecule has 176 valence electrons. The van der Waals surface area contributed by atoms with Crippen LogP contribution in [0.3, 0.4) is 0 Å². The molecule has 2 atom stereocenters. The van der Waals surface area contributed by atoms with E-state index < -0.39 is 0 Å². The van der Waals surface area contributed by atoms with E-state index in [1.54, 1.807) is 12.1 Å². The first-order valence-electron chi connectivity index (χ1n) is 11.6. The second kappa shape index (κ2) is 9.46. The van der Waals surface area contributed by atoms with E-state index in [1.807, 2.05) is 48.2 Å². The van der Waals surface area contributed by atoms with E-state index in [-0.39, 0.29) is 36.2 Å². The summed E-state index contributed by atoms with van der Waals surface area (Å²) in [5.74, 6) is 0.236. The van der Waals surface area contributed by atoms with Crippen LogP contribution in [-0.2, 0) is 4.79 Å². The fourth-order valence-corrected chi connectivity index (χ4v) is 5.76. The Morgan fingerprint density at radius 3 is 2.74 bits per heavy atom. The summed E-state index contributed by atoms with van der Waals surface area (Å²) in [6.45, 7) is 2.91. The van der Waals surface area contributed by atoms with Crippen molar-refractivity contribution in [3.8, 4) is 5.75 Å². The van der Waals surface area contributed by atoms with Crippen molar-refractivity contribution in [3.63, 3.8) is 0 Å². The number of ether oxygens (including phenoxy) is 1. The van der Waals surface area contributed by atoms with Crippen molar-refractivity contribution in [2.24, 2.45) is 0 Å². The Labute approximate surface area is 202 Å². The minimum atomic E-state index is -0.214. The molecule has 0 spiro atoms. The number of aryl methyl sites for hydroxylation is 1. The van der Waals surface area contributed by atoms with E-state index in [0.717, 1.165) is 28.5 Å². The van der Waals surface area contributed by atoms with Crippen molar-refractivity contribution < 1.29 is 19.1 Å². The summed E-state index contributed by atoms with van der Waals surface area (Å²) < 4.78 is 6.85. The number of carbonyl (C=O) groups excluding carboxylic acids is 3. The molecule has 2 N–H and O–H groups in total. The highest BCUT2D eigenvalue weighted by atomic mass is 32.1. The molecule has 0 saturated carbocycles.